The second-order valence-corrected chi connectivity index (χ2v) is 2.98. The molecule has 0 aliphatic carbocycles. The molecule has 1 aromatic carbocycles. The fraction of sp³-hybridized carbons (Fsp3) is 0.182. The van der Waals surface area contributed by atoms with Gasteiger partial charge in [-0.1, -0.05) is 42.5 Å². The Morgan fingerprint density at radius 1 is 1.43 bits per heavy atom. The zero-order chi connectivity index (χ0) is 10.4. The number of hydrogen-bond acceptors (Lipinski definition) is 1. The molecule has 0 radical (unpaired) electrons. The van der Waals surface area contributed by atoms with Crippen LogP contribution in [-0.4, -0.2) is 29.7 Å². The van der Waals surface area contributed by atoms with Gasteiger partial charge in [-0.3, -0.25) is 0 Å². The number of carbonyl (C=O) groups is 1. The van der Waals surface area contributed by atoms with Crippen LogP contribution in [0.15, 0.2) is 36.4 Å². The molecule has 0 unspecified atom stereocenters. The molecule has 0 fully saturated rings. The SMILES string of the molecule is CN(C/C=C/c1ccccc1)C(=O)O. The average molecular weight is 191 g/mol. The second-order valence-electron chi connectivity index (χ2n) is 2.98. The van der Waals surface area contributed by atoms with Crippen LogP contribution >= 0.6 is 0 Å². The molecule has 0 saturated heterocycles. The van der Waals surface area contributed by atoms with Crippen LogP contribution in [0.25, 0.3) is 6.08 Å². The smallest absolute Gasteiger partial charge is 0.407 e. The third kappa shape index (κ3) is 3.31. The minimum absolute atomic E-state index is 0.407. The number of benzene rings is 1. The van der Waals surface area contributed by atoms with E-state index in [1.54, 1.807) is 0 Å². The highest BCUT2D eigenvalue weighted by atomic mass is 16.4. The summed E-state index contributed by atoms with van der Waals surface area (Å²) in [6.07, 6.45) is 2.81. The van der Waals surface area contributed by atoms with Gasteiger partial charge in [0, 0.05) is 13.6 Å². The van der Waals surface area contributed by atoms with Crippen LogP contribution in [-0.2, 0) is 0 Å². The summed E-state index contributed by atoms with van der Waals surface area (Å²) in [6, 6.07) is 9.77. The van der Waals surface area contributed by atoms with Gasteiger partial charge in [-0.2, -0.15) is 0 Å². The summed E-state index contributed by atoms with van der Waals surface area (Å²) in [5, 5.41) is 8.57. The summed E-state index contributed by atoms with van der Waals surface area (Å²) >= 11 is 0. The Morgan fingerprint density at radius 2 is 2.07 bits per heavy atom. The van der Waals surface area contributed by atoms with Crippen molar-refractivity contribution < 1.29 is 9.90 Å². The largest absolute Gasteiger partial charge is 0.465 e. The number of nitrogens with zero attached hydrogens (tertiary/aromatic N) is 1. The molecule has 1 rings (SSSR count). The lowest BCUT2D eigenvalue weighted by Crippen LogP contribution is -2.24. The normalized spacial score (nSPS) is 10.4. The van der Waals surface area contributed by atoms with Crippen molar-refractivity contribution in [3.05, 3.63) is 42.0 Å². The van der Waals surface area contributed by atoms with Crippen LogP contribution in [0.4, 0.5) is 4.79 Å². The van der Waals surface area contributed by atoms with Crippen molar-refractivity contribution in [2.75, 3.05) is 13.6 Å². The van der Waals surface area contributed by atoms with E-state index in [1.807, 2.05) is 42.5 Å². The first-order valence-electron chi connectivity index (χ1n) is 4.36. The molecule has 0 aromatic heterocycles. The Hall–Kier alpha value is -1.77. The zero-order valence-electron chi connectivity index (χ0n) is 8.05. The van der Waals surface area contributed by atoms with Crippen molar-refractivity contribution >= 4 is 12.2 Å². The molecule has 1 aromatic rings. The molecular formula is C11H13NO2. The van der Waals surface area contributed by atoms with Gasteiger partial charge >= 0.3 is 6.09 Å². The fourth-order valence-electron chi connectivity index (χ4n) is 0.989. The molecule has 74 valence electrons. The minimum Gasteiger partial charge on any atom is -0.465 e. The van der Waals surface area contributed by atoms with Crippen LogP contribution in [0.2, 0.25) is 0 Å². The van der Waals surface area contributed by atoms with E-state index in [0.29, 0.717) is 6.54 Å². The lowest BCUT2D eigenvalue weighted by Gasteiger charge is -2.08. The first-order valence-corrected chi connectivity index (χ1v) is 4.36. The number of likely N-dealkylation sites (N-methyl/N-ethyl adjacent to an activating group) is 1. The van der Waals surface area contributed by atoms with Gasteiger partial charge in [0.25, 0.3) is 0 Å². The Labute approximate surface area is 83.3 Å². The molecule has 0 atom stereocenters. The Kier molecular flexibility index (Phi) is 3.73. The Balaban J connectivity index is 2.46. The summed E-state index contributed by atoms with van der Waals surface area (Å²) in [7, 11) is 1.54. The molecule has 1 amide bonds. The molecule has 3 heteroatoms. The lowest BCUT2D eigenvalue weighted by atomic mass is 10.2. The van der Waals surface area contributed by atoms with Gasteiger partial charge in [-0.15, -0.1) is 0 Å². The van der Waals surface area contributed by atoms with Crippen LogP contribution in [0.5, 0.6) is 0 Å². The third-order valence-corrected chi connectivity index (χ3v) is 1.82. The van der Waals surface area contributed by atoms with E-state index in [9.17, 15) is 4.79 Å². The summed E-state index contributed by atoms with van der Waals surface area (Å²) in [5.41, 5.74) is 1.08. The van der Waals surface area contributed by atoms with Crippen molar-refractivity contribution in [2.45, 2.75) is 0 Å². The molecule has 14 heavy (non-hydrogen) atoms. The molecule has 0 aliphatic rings. The molecule has 0 bridgehead atoms. The monoisotopic (exact) mass is 191 g/mol. The highest BCUT2D eigenvalue weighted by Gasteiger charge is 2.00. The number of rotatable bonds is 3. The fourth-order valence-corrected chi connectivity index (χ4v) is 0.989. The lowest BCUT2D eigenvalue weighted by molar-refractivity contribution is 0.160. The van der Waals surface area contributed by atoms with Gasteiger partial charge in [-0.05, 0) is 5.56 Å². The maximum absolute atomic E-state index is 10.4. The van der Waals surface area contributed by atoms with E-state index in [2.05, 4.69) is 0 Å². The van der Waals surface area contributed by atoms with E-state index in [1.165, 1.54) is 11.9 Å². The predicted octanol–water partition coefficient (Wildman–Crippen LogP) is 2.31. The maximum Gasteiger partial charge on any atom is 0.407 e. The van der Waals surface area contributed by atoms with E-state index < -0.39 is 6.09 Å². The molecular weight excluding hydrogens is 178 g/mol. The molecule has 1 N–H and O–H groups in total. The first kappa shape index (κ1) is 10.3. The molecule has 3 nitrogen and oxygen atoms in total. The van der Waals surface area contributed by atoms with Crippen molar-refractivity contribution in [3.8, 4) is 0 Å². The topological polar surface area (TPSA) is 40.5 Å². The number of carboxylic acid groups (broad SMARTS) is 1. The second kappa shape index (κ2) is 5.07. The number of amides is 1. The molecule has 0 saturated carbocycles. The zero-order valence-corrected chi connectivity index (χ0v) is 8.05. The van der Waals surface area contributed by atoms with Gasteiger partial charge in [0.2, 0.25) is 0 Å². The van der Waals surface area contributed by atoms with Crippen LogP contribution < -0.4 is 0 Å². The van der Waals surface area contributed by atoms with Gasteiger partial charge in [0.05, 0.1) is 0 Å². The summed E-state index contributed by atoms with van der Waals surface area (Å²) < 4.78 is 0. The van der Waals surface area contributed by atoms with Gasteiger partial charge in [0.15, 0.2) is 0 Å². The predicted molar refractivity (Wildman–Crippen MR) is 56.1 cm³/mol. The van der Waals surface area contributed by atoms with Crippen molar-refractivity contribution in [2.24, 2.45) is 0 Å². The Bertz CT molecular complexity index is 319. The van der Waals surface area contributed by atoms with Crippen molar-refractivity contribution in [1.29, 1.82) is 0 Å². The summed E-state index contributed by atoms with van der Waals surface area (Å²) in [4.78, 5) is 11.7. The van der Waals surface area contributed by atoms with Crippen LogP contribution in [0.1, 0.15) is 5.56 Å². The van der Waals surface area contributed by atoms with E-state index in [-0.39, 0.29) is 0 Å². The average Bonchev–Trinajstić information content (AvgIpc) is 2.19. The maximum atomic E-state index is 10.4. The summed E-state index contributed by atoms with van der Waals surface area (Å²) in [6.45, 7) is 0.407. The molecule has 0 aliphatic heterocycles. The van der Waals surface area contributed by atoms with E-state index >= 15 is 0 Å². The van der Waals surface area contributed by atoms with E-state index in [0.717, 1.165) is 5.56 Å². The van der Waals surface area contributed by atoms with Gasteiger partial charge < -0.3 is 10.0 Å². The van der Waals surface area contributed by atoms with Gasteiger partial charge in [0.1, 0.15) is 0 Å². The number of hydrogen-bond donors (Lipinski definition) is 1. The van der Waals surface area contributed by atoms with Gasteiger partial charge in [-0.25, -0.2) is 4.79 Å². The van der Waals surface area contributed by atoms with Crippen LogP contribution in [0, 0.1) is 0 Å². The summed E-state index contributed by atoms with van der Waals surface area (Å²) in [5.74, 6) is 0. The first-order chi connectivity index (χ1) is 6.70. The van der Waals surface area contributed by atoms with Crippen molar-refractivity contribution in [1.82, 2.24) is 4.90 Å². The Morgan fingerprint density at radius 3 is 2.64 bits per heavy atom. The third-order valence-electron chi connectivity index (χ3n) is 1.82. The minimum atomic E-state index is -0.914. The molecule has 0 heterocycles. The highest BCUT2D eigenvalue weighted by Crippen LogP contribution is 2.00. The van der Waals surface area contributed by atoms with Crippen molar-refractivity contribution in [3.63, 3.8) is 0 Å². The van der Waals surface area contributed by atoms with E-state index in [4.69, 9.17) is 5.11 Å². The highest BCUT2D eigenvalue weighted by molar-refractivity contribution is 5.65. The molecule has 0 spiro atoms. The van der Waals surface area contributed by atoms with Crippen LogP contribution in [0.3, 0.4) is 0 Å². The standard InChI is InChI=1S/C11H13NO2/c1-12(11(13)14)9-5-8-10-6-3-2-4-7-10/h2-8H,9H2,1H3,(H,13,14)/b8-5+. The quantitative estimate of drug-likeness (QED) is 0.796.